The minimum atomic E-state index is -0.520. The Labute approximate surface area is 157 Å². The average molecular weight is 368 g/mol. The first-order valence-electron chi connectivity index (χ1n) is 8.19. The highest BCUT2D eigenvalue weighted by Crippen LogP contribution is 2.30. The Bertz CT molecular complexity index is 956. The third-order valence-electron chi connectivity index (χ3n) is 3.89. The number of aromatic nitrogens is 2. The van der Waals surface area contributed by atoms with Crippen molar-refractivity contribution in [2.24, 2.45) is 5.41 Å². The summed E-state index contributed by atoms with van der Waals surface area (Å²) in [5.41, 5.74) is 3.19. The Morgan fingerprint density at radius 1 is 1.19 bits per heavy atom. The number of anilines is 1. The maximum atomic E-state index is 12.1. The van der Waals surface area contributed by atoms with Gasteiger partial charge in [0.15, 0.2) is 16.3 Å². The van der Waals surface area contributed by atoms with E-state index in [1.807, 2.05) is 52.0 Å². The predicted molar refractivity (Wildman–Crippen MR) is 106 cm³/mol. The fourth-order valence-corrected chi connectivity index (χ4v) is 2.53. The molecule has 2 heterocycles. The average Bonchev–Trinajstić information content (AvgIpc) is 2.99. The highest BCUT2D eigenvalue weighted by molar-refractivity contribution is 7.80. The highest BCUT2D eigenvalue weighted by Gasteiger charge is 2.22. The molecule has 0 fully saturated rings. The molecule has 0 radical (unpaired) electrons. The number of thiocarbonyl (C=S) groups is 1. The third-order valence-corrected chi connectivity index (χ3v) is 4.09. The first kappa shape index (κ1) is 18.0. The molecule has 0 aliphatic carbocycles. The number of hydrogen-bond acceptors (Lipinski definition) is 5. The van der Waals surface area contributed by atoms with E-state index in [9.17, 15) is 4.79 Å². The largest absolute Gasteiger partial charge is 0.434 e. The van der Waals surface area contributed by atoms with Crippen molar-refractivity contribution in [3.63, 3.8) is 0 Å². The van der Waals surface area contributed by atoms with E-state index in [4.69, 9.17) is 16.6 Å². The summed E-state index contributed by atoms with van der Waals surface area (Å²) in [6, 6.07) is 9.31. The Morgan fingerprint density at radius 3 is 2.65 bits per heavy atom. The lowest BCUT2D eigenvalue weighted by molar-refractivity contribution is -0.126. The summed E-state index contributed by atoms with van der Waals surface area (Å²) < 4.78 is 5.80. The van der Waals surface area contributed by atoms with Gasteiger partial charge in [0.25, 0.3) is 0 Å². The summed E-state index contributed by atoms with van der Waals surface area (Å²) >= 11 is 5.26. The Balaban J connectivity index is 1.85. The molecule has 3 aromatic rings. The number of carbonyl (C=O) groups is 1. The lowest BCUT2D eigenvalue weighted by Gasteiger charge is -2.19. The van der Waals surface area contributed by atoms with Gasteiger partial charge in [-0.2, -0.15) is 4.98 Å². The normalized spacial score (nSPS) is 11.4. The van der Waals surface area contributed by atoms with Crippen LogP contribution in [0.5, 0.6) is 0 Å². The first-order valence-corrected chi connectivity index (χ1v) is 8.60. The second-order valence-electron chi connectivity index (χ2n) is 6.98. The zero-order valence-electron chi connectivity index (χ0n) is 15.1. The molecule has 26 heavy (non-hydrogen) atoms. The number of carbonyl (C=O) groups excluding carboxylic acids is 1. The van der Waals surface area contributed by atoms with Crippen LogP contribution in [0.2, 0.25) is 0 Å². The number of pyridine rings is 1. The second-order valence-corrected chi connectivity index (χ2v) is 7.39. The van der Waals surface area contributed by atoms with E-state index in [1.165, 1.54) is 0 Å². The summed E-state index contributed by atoms with van der Waals surface area (Å²) in [6.07, 6.45) is 1.68. The molecule has 0 unspecified atom stereocenters. The van der Waals surface area contributed by atoms with Gasteiger partial charge in [-0.15, -0.1) is 0 Å². The summed E-state index contributed by atoms with van der Waals surface area (Å²) in [5.74, 6) is 0.346. The van der Waals surface area contributed by atoms with E-state index >= 15 is 0 Å². The SMILES string of the molecule is Cc1c(NC(=S)NC(=O)C(C)(C)C)cccc1-c1nc2ncccc2o1. The maximum absolute atomic E-state index is 12.1. The van der Waals surface area contributed by atoms with Crippen molar-refractivity contribution in [1.82, 2.24) is 15.3 Å². The molecule has 1 amide bonds. The number of rotatable bonds is 2. The Morgan fingerprint density at radius 2 is 1.96 bits per heavy atom. The standard InChI is InChI=1S/C19H20N4O2S/c1-11-12(16-22-15-14(25-16)9-6-10-20-15)7-5-8-13(11)21-18(26)23-17(24)19(2,3)4/h5-10H,1-4H3,(H2,21,23,24,26). The molecule has 2 N–H and O–H groups in total. The van der Waals surface area contributed by atoms with Crippen LogP contribution in [-0.2, 0) is 4.79 Å². The highest BCUT2D eigenvalue weighted by atomic mass is 32.1. The summed E-state index contributed by atoms with van der Waals surface area (Å²) in [5, 5.41) is 6.03. The zero-order valence-corrected chi connectivity index (χ0v) is 15.9. The number of hydrogen-bond donors (Lipinski definition) is 2. The molecular weight excluding hydrogens is 348 g/mol. The predicted octanol–water partition coefficient (Wildman–Crippen LogP) is 4.06. The fraction of sp³-hybridized carbons (Fsp3) is 0.263. The van der Waals surface area contributed by atoms with Crippen LogP contribution in [0.25, 0.3) is 22.7 Å². The molecule has 0 aliphatic rings. The number of oxazole rings is 1. The van der Waals surface area contributed by atoms with Crippen LogP contribution in [0, 0.1) is 12.3 Å². The number of nitrogens with zero attached hydrogens (tertiary/aromatic N) is 2. The first-order chi connectivity index (χ1) is 12.3. The third kappa shape index (κ3) is 3.72. The molecule has 0 atom stereocenters. The van der Waals surface area contributed by atoms with Crippen molar-refractivity contribution in [3.05, 3.63) is 42.1 Å². The second kappa shape index (κ2) is 6.84. The van der Waals surface area contributed by atoms with Crippen molar-refractivity contribution in [3.8, 4) is 11.5 Å². The number of amides is 1. The van der Waals surface area contributed by atoms with Gasteiger partial charge in [-0.05, 0) is 49.0 Å². The summed E-state index contributed by atoms with van der Waals surface area (Å²) in [7, 11) is 0. The number of fused-ring (bicyclic) bond motifs is 1. The van der Waals surface area contributed by atoms with Crippen LogP contribution in [0.1, 0.15) is 26.3 Å². The molecule has 0 spiro atoms. The van der Waals surface area contributed by atoms with Crippen LogP contribution in [0.4, 0.5) is 5.69 Å². The molecule has 3 rings (SSSR count). The summed E-state index contributed by atoms with van der Waals surface area (Å²) in [4.78, 5) is 20.7. The van der Waals surface area contributed by atoms with Crippen LogP contribution in [-0.4, -0.2) is 21.0 Å². The minimum absolute atomic E-state index is 0.145. The van der Waals surface area contributed by atoms with Crippen molar-refractivity contribution >= 4 is 40.2 Å². The van der Waals surface area contributed by atoms with Gasteiger partial charge in [0.2, 0.25) is 11.8 Å². The molecule has 0 aliphatic heterocycles. The van der Waals surface area contributed by atoms with Crippen LogP contribution in [0.3, 0.4) is 0 Å². The van der Waals surface area contributed by atoms with Gasteiger partial charge < -0.3 is 15.1 Å². The van der Waals surface area contributed by atoms with Crippen LogP contribution < -0.4 is 10.6 Å². The summed E-state index contributed by atoms with van der Waals surface area (Å²) in [6.45, 7) is 7.43. The smallest absolute Gasteiger partial charge is 0.231 e. The Kier molecular flexibility index (Phi) is 4.73. The van der Waals surface area contributed by atoms with Gasteiger partial charge in [-0.25, -0.2) is 4.98 Å². The van der Waals surface area contributed by atoms with E-state index in [-0.39, 0.29) is 11.0 Å². The molecule has 1 aromatic carbocycles. The maximum Gasteiger partial charge on any atom is 0.231 e. The zero-order chi connectivity index (χ0) is 18.9. The molecule has 0 saturated carbocycles. The monoisotopic (exact) mass is 368 g/mol. The fourth-order valence-electron chi connectivity index (χ4n) is 2.33. The molecule has 134 valence electrons. The van der Waals surface area contributed by atoms with Crippen molar-refractivity contribution < 1.29 is 9.21 Å². The van der Waals surface area contributed by atoms with Gasteiger partial charge in [-0.1, -0.05) is 26.8 Å². The van der Waals surface area contributed by atoms with Crippen molar-refractivity contribution in [2.75, 3.05) is 5.32 Å². The molecule has 2 aromatic heterocycles. The lowest BCUT2D eigenvalue weighted by Crippen LogP contribution is -2.41. The molecule has 6 nitrogen and oxygen atoms in total. The van der Waals surface area contributed by atoms with Gasteiger partial charge in [0.05, 0.1) is 0 Å². The van der Waals surface area contributed by atoms with E-state index in [2.05, 4.69) is 20.6 Å². The van der Waals surface area contributed by atoms with Gasteiger partial charge in [0.1, 0.15) is 0 Å². The van der Waals surface area contributed by atoms with Gasteiger partial charge in [-0.3, -0.25) is 4.79 Å². The van der Waals surface area contributed by atoms with Crippen molar-refractivity contribution in [2.45, 2.75) is 27.7 Å². The van der Waals surface area contributed by atoms with Crippen molar-refractivity contribution in [1.29, 1.82) is 0 Å². The number of benzene rings is 1. The lowest BCUT2D eigenvalue weighted by atomic mass is 9.96. The molecule has 0 bridgehead atoms. The Hall–Kier alpha value is -2.80. The van der Waals surface area contributed by atoms with Crippen LogP contribution >= 0.6 is 12.2 Å². The molecule has 7 heteroatoms. The van der Waals surface area contributed by atoms with Gasteiger partial charge >= 0.3 is 0 Å². The number of nitrogens with one attached hydrogen (secondary N) is 2. The minimum Gasteiger partial charge on any atom is -0.434 e. The molecular formula is C19H20N4O2S. The topological polar surface area (TPSA) is 80.0 Å². The van der Waals surface area contributed by atoms with Crippen LogP contribution in [0.15, 0.2) is 40.9 Å². The van der Waals surface area contributed by atoms with Gasteiger partial charge in [0, 0.05) is 22.9 Å². The molecule has 0 saturated heterocycles. The van der Waals surface area contributed by atoms with E-state index in [0.29, 0.717) is 17.1 Å². The van der Waals surface area contributed by atoms with E-state index < -0.39 is 5.41 Å². The quantitative estimate of drug-likeness (QED) is 0.664. The van der Waals surface area contributed by atoms with E-state index in [1.54, 1.807) is 12.3 Å². The van der Waals surface area contributed by atoms with E-state index in [0.717, 1.165) is 16.8 Å².